The predicted octanol–water partition coefficient (Wildman–Crippen LogP) is 4.08. The quantitative estimate of drug-likeness (QED) is 0.888. The largest absolute Gasteiger partial charge is 0.320 e. The van der Waals surface area contributed by atoms with Crippen LogP contribution in [0.3, 0.4) is 0 Å². The van der Waals surface area contributed by atoms with Gasteiger partial charge in [0.1, 0.15) is 0 Å². The minimum absolute atomic E-state index is 0.475. The summed E-state index contributed by atoms with van der Waals surface area (Å²) in [5, 5.41) is 0. The summed E-state index contributed by atoms with van der Waals surface area (Å²) >= 11 is 3.42. The number of nitrogens with two attached hydrogens (primary N) is 1. The second-order valence-electron chi connectivity index (χ2n) is 4.16. The molecule has 0 heterocycles. The molecule has 0 spiro atoms. The van der Waals surface area contributed by atoms with Crippen molar-refractivity contribution < 1.29 is 8.78 Å². The fourth-order valence-corrected chi connectivity index (χ4v) is 2.10. The Morgan fingerprint density at radius 1 is 1.00 bits per heavy atom. The summed E-state index contributed by atoms with van der Waals surface area (Å²) in [6.07, 6.45) is 0. The van der Waals surface area contributed by atoms with Gasteiger partial charge in [0, 0.05) is 4.47 Å². The van der Waals surface area contributed by atoms with Crippen molar-refractivity contribution in [2.45, 2.75) is 13.0 Å². The van der Waals surface area contributed by atoms with Crippen molar-refractivity contribution in [2.24, 2.45) is 5.73 Å². The molecule has 4 heteroatoms. The van der Waals surface area contributed by atoms with Gasteiger partial charge in [-0.15, -0.1) is 0 Å². The van der Waals surface area contributed by atoms with E-state index in [0.717, 1.165) is 27.7 Å². The van der Waals surface area contributed by atoms with Crippen LogP contribution in [-0.2, 0) is 0 Å². The van der Waals surface area contributed by atoms with Gasteiger partial charge in [0.25, 0.3) is 0 Å². The molecule has 1 nitrogen and oxygen atoms in total. The summed E-state index contributed by atoms with van der Waals surface area (Å²) in [5.41, 5.74) is 8.53. The second kappa shape index (κ2) is 5.16. The normalized spacial score (nSPS) is 12.5. The lowest BCUT2D eigenvalue weighted by Crippen LogP contribution is -2.12. The molecule has 2 rings (SSSR count). The molecule has 1 atom stereocenters. The first-order valence-corrected chi connectivity index (χ1v) is 6.25. The Morgan fingerprint density at radius 3 is 2.22 bits per heavy atom. The summed E-state index contributed by atoms with van der Waals surface area (Å²) in [4.78, 5) is 0. The van der Waals surface area contributed by atoms with E-state index in [1.165, 1.54) is 6.07 Å². The van der Waals surface area contributed by atoms with Gasteiger partial charge in [-0.3, -0.25) is 0 Å². The van der Waals surface area contributed by atoms with Crippen LogP contribution in [0.25, 0.3) is 0 Å². The molecule has 0 aliphatic carbocycles. The third kappa shape index (κ3) is 2.60. The average Bonchev–Trinajstić information content (AvgIpc) is 2.35. The van der Waals surface area contributed by atoms with E-state index >= 15 is 0 Å². The number of aryl methyl sites for hydroxylation is 1. The summed E-state index contributed by atoms with van der Waals surface area (Å²) in [6.45, 7) is 1.97. The van der Waals surface area contributed by atoms with E-state index in [4.69, 9.17) is 5.73 Å². The maximum atomic E-state index is 13.2. The molecule has 2 aromatic carbocycles. The molecule has 0 fully saturated rings. The van der Waals surface area contributed by atoms with Crippen LogP contribution in [-0.4, -0.2) is 0 Å². The number of rotatable bonds is 2. The Labute approximate surface area is 113 Å². The standard InChI is InChI=1S/C14H12BrF2N/c1-8-2-3-9(6-11(8)15)14(18)10-4-5-12(16)13(17)7-10/h2-7,14H,18H2,1H3. The van der Waals surface area contributed by atoms with Gasteiger partial charge in [-0.1, -0.05) is 34.1 Å². The van der Waals surface area contributed by atoms with Gasteiger partial charge in [-0.2, -0.15) is 0 Å². The van der Waals surface area contributed by atoms with Crippen LogP contribution in [0.4, 0.5) is 8.78 Å². The molecule has 0 radical (unpaired) electrons. The molecule has 2 aromatic rings. The van der Waals surface area contributed by atoms with E-state index in [-0.39, 0.29) is 0 Å². The summed E-state index contributed by atoms with van der Waals surface area (Å²) in [5.74, 6) is -1.75. The summed E-state index contributed by atoms with van der Waals surface area (Å²) < 4.78 is 27.0. The minimum Gasteiger partial charge on any atom is -0.320 e. The van der Waals surface area contributed by atoms with Gasteiger partial charge in [-0.05, 0) is 41.8 Å². The van der Waals surface area contributed by atoms with Gasteiger partial charge in [-0.25, -0.2) is 8.78 Å². The van der Waals surface area contributed by atoms with Crippen molar-refractivity contribution >= 4 is 15.9 Å². The van der Waals surface area contributed by atoms with Gasteiger partial charge in [0.05, 0.1) is 6.04 Å². The highest BCUT2D eigenvalue weighted by Crippen LogP contribution is 2.25. The highest BCUT2D eigenvalue weighted by molar-refractivity contribution is 9.10. The lowest BCUT2D eigenvalue weighted by Gasteiger charge is -2.14. The van der Waals surface area contributed by atoms with E-state index in [2.05, 4.69) is 15.9 Å². The van der Waals surface area contributed by atoms with Crippen LogP contribution in [0.2, 0.25) is 0 Å². The lowest BCUT2D eigenvalue weighted by molar-refractivity contribution is 0.506. The smallest absolute Gasteiger partial charge is 0.159 e. The van der Waals surface area contributed by atoms with Gasteiger partial charge < -0.3 is 5.73 Å². The van der Waals surface area contributed by atoms with Crippen molar-refractivity contribution in [1.29, 1.82) is 0 Å². The first-order chi connectivity index (χ1) is 8.49. The van der Waals surface area contributed by atoms with Crippen LogP contribution in [0.5, 0.6) is 0 Å². The van der Waals surface area contributed by atoms with E-state index < -0.39 is 17.7 Å². The van der Waals surface area contributed by atoms with Gasteiger partial charge in [0.15, 0.2) is 11.6 Å². The predicted molar refractivity (Wildman–Crippen MR) is 71.3 cm³/mol. The first-order valence-electron chi connectivity index (χ1n) is 5.45. The SMILES string of the molecule is Cc1ccc(C(N)c2ccc(F)c(F)c2)cc1Br. The van der Waals surface area contributed by atoms with E-state index in [1.807, 2.05) is 25.1 Å². The number of halogens is 3. The Morgan fingerprint density at radius 2 is 1.61 bits per heavy atom. The van der Waals surface area contributed by atoms with Crippen molar-refractivity contribution in [2.75, 3.05) is 0 Å². The van der Waals surface area contributed by atoms with E-state index in [0.29, 0.717) is 5.56 Å². The fraction of sp³-hybridized carbons (Fsp3) is 0.143. The zero-order valence-corrected chi connectivity index (χ0v) is 11.3. The van der Waals surface area contributed by atoms with Crippen molar-refractivity contribution in [3.63, 3.8) is 0 Å². The average molecular weight is 312 g/mol. The van der Waals surface area contributed by atoms with Crippen molar-refractivity contribution in [3.05, 3.63) is 69.2 Å². The zero-order valence-electron chi connectivity index (χ0n) is 9.75. The molecule has 0 saturated heterocycles. The molecule has 0 bridgehead atoms. The van der Waals surface area contributed by atoms with E-state index in [1.54, 1.807) is 0 Å². The molecular formula is C14H12BrF2N. The molecule has 94 valence electrons. The maximum Gasteiger partial charge on any atom is 0.159 e. The Bertz CT molecular complexity index is 533. The van der Waals surface area contributed by atoms with Crippen LogP contribution in [0, 0.1) is 18.6 Å². The lowest BCUT2D eigenvalue weighted by atomic mass is 9.98. The maximum absolute atomic E-state index is 13.2. The Kier molecular flexibility index (Phi) is 3.78. The molecular weight excluding hydrogens is 300 g/mol. The molecule has 2 N–H and O–H groups in total. The zero-order chi connectivity index (χ0) is 13.3. The Balaban J connectivity index is 2.37. The summed E-state index contributed by atoms with van der Waals surface area (Å²) in [6, 6.07) is 8.95. The molecule has 0 aromatic heterocycles. The minimum atomic E-state index is -0.880. The van der Waals surface area contributed by atoms with Crippen molar-refractivity contribution in [3.8, 4) is 0 Å². The van der Waals surface area contributed by atoms with Crippen LogP contribution < -0.4 is 5.73 Å². The molecule has 18 heavy (non-hydrogen) atoms. The molecule has 0 aliphatic rings. The highest BCUT2D eigenvalue weighted by atomic mass is 79.9. The Hall–Kier alpha value is -1.26. The topological polar surface area (TPSA) is 26.0 Å². The number of hydrogen-bond acceptors (Lipinski definition) is 1. The first kappa shape index (κ1) is 13.2. The van der Waals surface area contributed by atoms with Crippen LogP contribution in [0.1, 0.15) is 22.7 Å². The fourth-order valence-electron chi connectivity index (χ4n) is 1.70. The number of hydrogen-bond donors (Lipinski definition) is 1. The van der Waals surface area contributed by atoms with Gasteiger partial charge in [0.2, 0.25) is 0 Å². The van der Waals surface area contributed by atoms with E-state index in [9.17, 15) is 8.78 Å². The molecule has 0 aliphatic heterocycles. The third-order valence-corrected chi connectivity index (χ3v) is 3.71. The van der Waals surface area contributed by atoms with Crippen LogP contribution >= 0.6 is 15.9 Å². The third-order valence-electron chi connectivity index (χ3n) is 2.86. The summed E-state index contributed by atoms with van der Waals surface area (Å²) in [7, 11) is 0. The second-order valence-corrected chi connectivity index (χ2v) is 5.01. The highest BCUT2D eigenvalue weighted by Gasteiger charge is 2.12. The molecule has 0 saturated carbocycles. The van der Waals surface area contributed by atoms with Crippen LogP contribution in [0.15, 0.2) is 40.9 Å². The monoisotopic (exact) mass is 311 g/mol. The van der Waals surface area contributed by atoms with Crippen molar-refractivity contribution in [1.82, 2.24) is 0 Å². The molecule has 1 unspecified atom stereocenters. The molecule has 0 amide bonds. The number of benzene rings is 2. The van der Waals surface area contributed by atoms with Gasteiger partial charge >= 0.3 is 0 Å².